The number of methoxy groups -OCH3 is 1. The number of hydrogen-bond acceptors (Lipinski definition) is 4. The Balaban J connectivity index is 1.71. The highest BCUT2D eigenvalue weighted by Gasteiger charge is 2.14. The zero-order valence-corrected chi connectivity index (χ0v) is 13.5. The molecule has 0 atom stereocenters. The summed E-state index contributed by atoms with van der Waals surface area (Å²) in [6.07, 6.45) is 7.88. The predicted molar refractivity (Wildman–Crippen MR) is 87.5 cm³/mol. The van der Waals surface area contributed by atoms with E-state index >= 15 is 0 Å². The van der Waals surface area contributed by atoms with Gasteiger partial charge in [0.1, 0.15) is 11.3 Å². The molecule has 5 nitrogen and oxygen atoms in total. The maximum atomic E-state index is 12.0. The molecule has 0 unspecified atom stereocenters. The Morgan fingerprint density at radius 1 is 1.22 bits per heavy atom. The zero-order valence-electron chi connectivity index (χ0n) is 13.5. The van der Waals surface area contributed by atoms with Crippen molar-refractivity contribution in [3.05, 3.63) is 41.5 Å². The van der Waals surface area contributed by atoms with Gasteiger partial charge in [-0.25, -0.2) is 4.79 Å². The van der Waals surface area contributed by atoms with Crippen molar-refractivity contribution in [2.24, 2.45) is 0 Å². The first-order valence-corrected chi connectivity index (χ1v) is 7.95. The van der Waals surface area contributed by atoms with Crippen molar-refractivity contribution >= 4 is 11.9 Å². The minimum Gasteiger partial charge on any atom is -0.496 e. The first-order chi connectivity index (χ1) is 11.2. The quantitative estimate of drug-likeness (QED) is 0.620. The molecular weight excluding hydrogens is 294 g/mol. The Morgan fingerprint density at radius 3 is 2.78 bits per heavy atom. The van der Waals surface area contributed by atoms with Crippen LogP contribution in [0.5, 0.6) is 5.75 Å². The van der Waals surface area contributed by atoms with E-state index in [1.807, 2.05) is 0 Å². The fourth-order valence-electron chi connectivity index (χ4n) is 2.57. The summed E-state index contributed by atoms with van der Waals surface area (Å²) in [6.45, 7) is 0.298. The Hall–Kier alpha value is -2.30. The normalized spacial score (nSPS) is 13.9. The van der Waals surface area contributed by atoms with Gasteiger partial charge in [-0.15, -0.1) is 0 Å². The molecular formula is C18H23NO4. The molecule has 1 aliphatic rings. The average Bonchev–Trinajstić information content (AvgIpc) is 2.60. The number of rotatable bonds is 7. The molecule has 1 aliphatic carbocycles. The van der Waals surface area contributed by atoms with Crippen LogP contribution in [0.15, 0.2) is 35.9 Å². The topological polar surface area (TPSA) is 64.6 Å². The van der Waals surface area contributed by atoms with Crippen molar-refractivity contribution in [1.82, 2.24) is 5.32 Å². The number of allylic oxidation sites excluding steroid dienone is 1. The van der Waals surface area contributed by atoms with Crippen LogP contribution in [0.25, 0.3) is 0 Å². The zero-order chi connectivity index (χ0) is 16.5. The molecule has 1 N–H and O–H groups in total. The van der Waals surface area contributed by atoms with Crippen LogP contribution in [-0.2, 0) is 9.53 Å². The van der Waals surface area contributed by atoms with Gasteiger partial charge in [0.05, 0.1) is 7.11 Å². The molecule has 0 fully saturated rings. The smallest absolute Gasteiger partial charge is 0.342 e. The van der Waals surface area contributed by atoms with E-state index in [9.17, 15) is 9.59 Å². The summed E-state index contributed by atoms with van der Waals surface area (Å²) in [7, 11) is 1.48. The molecule has 0 saturated heterocycles. The van der Waals surface area contributed by atoms with Crippen LogP contribution in [0.1, 0.15) is 42.5 Å². The summed E-state index contributed by atoms with van der Waals surface area (Å²) < 4.78 is 10.1. The van der Waals surface area contributed by atoms with Gasteiger partial charge in [0.2, 0.25) is 0 Å². The van der Waals surface area contributed by atoms with Crippen LogP contribution in [0.4, 0.5) is 0 Å². The van der Waals surface area contributed by atoms with Crippen molar-refractivity contribution in [3.8, 4) is 5.75 Å². The average molecular weight is 317 g/mol. The van der Waals surface area contributed by atoms with Gasteiger partial charge in [0.15, 0.2) is 6.61 Å². The van der Waals surface area contributed by atoms with Crippen LogP contribution < -0.4 is 10.1 Å². The van der Waals surface area contributed by atoms with Crippen molar-refractivity contribution in [2.45, 2.75) is 32.1 Å². The van der Waals surface area contributed by atoms with Gasteiger partial charge in [-0.2, -0.15) is 0 Å². The molecule has 124 valence electrons. The summed E-state index contributed by atoms with van der Waals surface area (Å²) in [4.78, 5) is 23.7. The minimum atomic E-state index is -0.562. The number of esters is 1. The fourth-order valence-corrected chi connectivity index (χ4v) is 2.57. The maximum absolute atomic E-state index is 12.0. The molecule has 2 rings (SSSR count). The first-order valence-electron chi connectivity index (χ1n) is 7.95. The van der Waals surface area contributed by atoms with Crippen LogP contribution in [0.3, 0.4) is 0 Å². The lowest BCUT2D eigenvalue weighted by molar-refractivity contribution is -0.124. The van der Waals surface area contributed by atoms with Gasteiger partial charge in [-0.1, -0.05) is 23.8 Å². The molecule has 0 radical (unpaired) electrons. The second-order valence-corrected chi connectivity index (χ2v) is 5.48. The fraction of sp³-hybridized carbons (Fsp3) is 0.444. The SMILES string of the molecule is COc1ccccc1C(=O)OCC(=O)NCCC1=CCCCC1. The molecule has 0 aliphatic heterocycles. The van der Waals surface area contributed by atoms with E-state index in [4.69, 9.17) is 9.47 Å². The van der Waals surface area contributed by atoms with Gasteiger partial charge in [0.25, 0.3) is 5.91 Å². The lowest BCUT2D eigenvalue weighted by Crippen LogP contribution is -2.30. The number of carbonyl (C=O) groups excluding carboxylic acids is 2. The second kappa shape index (κ2) is 8.98. The molecule has 0 spiro atoms. The summed E-state index contributed by atoms with van der Waals surface area (Å²) in [6, 6.07) is 6.77. The van der Waals surface area contributed by atoms with Crippen molar-refractivity contribution in [2.75, 3.05) is 20.3 Å². The number of amides is 1. The third-order valence-corrected chi connectivity index (χ3v) is 3.81. The van der Waals surface area contributed by atoms with Crippen molar-refractivity contribution in [1.29, 1.82) is 0 Å². The van der Waals surface area contributed by atoms with Gasteiger partial charge < -0.3 is 14.8 Å². The number of nitrogens with one attached hydrogen (secondary N) is 1. The van der Waals surface area contributed by atoms with E-state index in [0.717, 1.165) is 19.3 Å². The van der Waals surface area contributed by atoms with E-state index in [1.54, 1.807) is 24.3 Å². The molecule has 0 aromatic heterocycles. The number of hydrogen-bond donors (Lipinski definition) is 1. The Labute approximate surface area is 136 Å². The highest BCUT2D eigenvalue weighted by Crippen LogP contribution is 2.19. The van der Waals surface area contributed by atoms with Gasteiger partial charge >= 0.3 is 5.97 Å². The lowest BCUT2D eigenvalue weighted by atomic mass is 9.97. The summed E-state index contributed by atoms with van der Waals surface area (Å²) in [5.74, 6) is -0.417. The Morgan fingerprint density at radius 2 is 2.04 bits per heavy atom. The van der Waals surface area contributed by atoms with E-state index in [2.05, 4.69) is 11.4 Å². The molecule has 23 heavy (non-hydrogen) atoms. The van der Waals surface area contributed by atoms with Crippen molar-refractivity contribution < 1.29 is 19.1 Å². The minimum absolute atomic E-state index is 0.282. The van der Waals surface area contributed by atoms with E-state index in [1.165, 1.54) is 25.5 Å². The first kappa shape index (κ1) is 17.1. The molecule has 1 aromatic carbocycles. The van der Waals surface area contributed by atoms with Crippen molar-refractivity contribution in [3.63, 3.8) is 0 Å². The van der Waals surface area contributed by atoms with Gasteiger partial charge in [0, 0.05) is 6.54 Å². The number of para-hydroxylation sites is 1. The molecule has 1 amide bonds. The predicted octanol–water partition coefficient (Wildman–Crippen LogP) is 2.86. The Kier molecular flexibility index (Phi) is 6.66. The third-order valence-electron chi connectivity index (χ3n) is 3.81. The molecule has 0 bridgehead atoms. The van der Waals surface area contributed by atoms with E-state index in [-0.39, 0.29) is 12.5 Å². The van der Waals surface area contributed by atoms with Gasteiger partial charge in [-0.3, -0.25) is 4.79 Å². The van der Waals surface area contributed by atoms with Crippen LogP contribution in [0.2, 0.25) is 0 Å². The molecule has 0 heterocycles. The number of benzene rings is 1. The Bertz CT molecular complexity index is 580. The highest BCUT2D eigenvalue weighted by molar-refractivity contribution is 5.93. The molecule has 1 aromatic rings. The summed E-state index contributed by atoms with van der Waals surface area (Å²) in [5, 5.41) is 2.78. The van der Waals surface area contributed by atoms with Crippen LogP contribution in [-0.4, -0.2) is 32.1 Å². The van der Waals surface area contributed by atoms with E-state index < -0.39 is 5.97 Å². The molecule has 0 saturated carbocycles. The van der Waals surface area contributed by atoms with Crippen LogP contribution >= 0.6 is 0 Å². The second-order valence-electron chi connectivity index (χ2n) is 5.48. The van der Waals surface area contributed by atoms with Gasteiger partial charge in [-0.05, 0) is 44.2 Å². The maximum Gasteiger partial charge on any atom is 0.342 e. The molecule has 5 heteroatoms. The lowest BCUT2D eigenvalue weighted by Gasteiger charge is -2.13. The summed E-state index contributed by atoms with van der Waals surface area (Å²) >= 11 is 0. The van der Waals surface area contributed by atoms with E-state index in [0.29, 0.717) is 17.9 Å². The monoisotopic (exact) mass is 317 g/mol. The highest BCUT2D eigenvalue weighted by atomic mass is 16.5. The largest absolute Gasteiger partial charge is 0.496 e. The van der Waals surface area contributed by atoms with Crippen LogP contribution in [0, 0.1) is 0 Å². The number of ether oxygens (including phenoxy) is 2. The standard InChI is InChI=1S/C18H23NO4/c1-22-16-10-6-5-9-15(16)18(21)23-13-17(20)19-12-11-14-7-3-2-4-8-14/h5-7,9-10H,2-4,8,11-13H2,1H3,(H,19,20). The third kappa shape index (κ3) is 5.43. The number of carbonyl (C=O) groups is 2. The summed E-state index contributed by atoms with van der Waals surface area (Å²) in [5.41, 5.74) is 1.72.